The molecular weight excluding hydrogens is 230 g/mol. The number of ether oxygens (including phenoxy) is 2. The van der Waals surface area contributed by atoms with E-state index in [1.165, 1.54) is 0 Å². The lowest BCUT2D eigenvalue weighted by Crippen LogP contribution is -2.25. The van der Waals surface area contributed by atoms with Crippen LogP contribution in [0.2, 0.25) is 0 Å². The molecule has 0 aliphatic carbocycles. The molecule has 0 aliphatic heterocycles. The summed E-state index contributed by atoms with van der Waals surface area (Å²) in [6.07, 6.45) is -0.572. The molecule has 4 nitrogen and oxygen atoms in total. The van der Waals surface area contributed by atoms with Gasteiger partial charge in [0.1, 0.15) is 5.75 Å². The van der Waals surface area contributed by atoms with Crippen LogP contribution < -0.4 is 10.1 Å². The highest BCUT2D eigenvalue weighted by atomic mass is 16.5. The lowest BCUT2D eigenvalue weighted by molar-refractivity contribution is 0.158. The molecule has 0 saturated carbocycles. The van der Waals surface area contributed by atoms with Crippen molar-refractivity contribution in [2.24, 2.45) is 0 Å². The number of benzene rings is 1. The van der Waals surface area contributed by atoms with Gasteiger partial charge < -0.3 is 19.9 Å². The van der Waals surface area contributed by atoms with Gasteiger partial charge in [-0.1, -0.05) is 6.07 Å². The first-order valence-corrected chi connectivity index (χ1v) is 6.13. The van der Waals surface area contributed by atoms with Crippen molar-refractivity contribution in [3.05, 3.63) is 28.8 Å². The van der Waals surface area contributed by atoms with Crippen LogP contribution in [0.15, 0.2) is 12.1 Å². The Morgan fingerprint density at radius 1 is 1.28 bits per heavy atom. The standard InChI is InChI=1S/C14H23NO3/c1-10-7-11(2)14(13(8-10)18-4)12(16)9-15-5-6-17-3/h7-8,12,15-16H,5-6,9H2,1-4H3. The smallest absolute Gasteiger partial charge is 0.125 e. The number of aliphatic hydroxyl groups is 1. The highest BCUT2D eigenvalue weighted by molar-refractivity contribution is 5.44. The molecular formula is C14H23NO3. The van der Waals surface area contributed by atoms with Gasteiger partial charge >= 0.3 is 0 Å². The van der Waals surface area contributed by atoms with Gasteiger partial charge in [-0.2, -0.15) is 0 Å². The predicted molar refractivity (Wildman–Crippen MR) is 72.2 cm³/mol. The van der Waals surface area contributed by atoms with Crippen LogP contribution in [0.25, 0.3) is 0 Å². The molecule has 4 heteroatoms. The largest absolute Gasteiger partial charge is 0.496 e. The average Bonchev–Trinajstić information content (AvgIpc) is 2.33. The second-order valence-electron chi connectivity index (χ2n) is 4.41. The van der Waals surface area contributed by atoms with E-state index < -0.39 is 6.10 Å². The second-order valence-corrected chi connectivity index (χ2v) is 4.41. The van der Waals surface area contributed by atoms with Gasteiger partial charge in [0, 0.05) is 25.8 Å². The first-order valence-electron chi connectivity index (χ1n) is 6.13. The van der Waals surface area contributed by atoms with Crippen molar-refractivity contribution in [3.8, 4) is 5.75 Å². The van der Waals surface area contributed by atoms with E-state index in [1.807, 2.05) is 19.9 Å². The number of rotatable bonds is 7. The fourth-order valence-corrected chi connectivity index (χ4v) is 2.05. The van der Waals surface area contributed by atoms with Crippen LogP contribution in [0.5, 0.6) is 5.75 Å². The summed E-state index contributed by atoms with van der Waals surface area (Å²) in [4.78, 5) is 0. The molecule has 0 saturated heterocycles. The van der Waals surface area contributed by atoms with Crippen molar-refractivity contribution in [1.82, 2.24) is 5.32 Å². The van der Waals surface area contributed by atoms with Crippen LogP contribution in [-0.2, 0) is 4.74 Å². The number of aliphatic hydroxyl groups excluding tert-OH is 1. The van der Waals surface area contributed by atoms with E-state index in [0.717, 1.165) is 29.0 Å². The van der Waals surface area contributed by atoms with Gasteiger partial charge in [-0.15, -0.1) is 0 Å². The van der Waals surface area contributed by atoms with Crippen LogP contribution in [0.1, 0.15) is 22.8 Å². The molecule has 1 aromatic carbocycles. The molecule has 0 radical (unpaired) electrons. The van der Waals surface area contributed by atoms with Crippen molar-refractivity contribution in [3.63, 3.8) is 0 Å². The lowest BCUT2D eigenvalue weighted by Gasteiger charge is -2.18. The van der Waals surface area contributed by atoms with Crippen molar-refractivity contribution in [2.75, 3.05) is 33.9 Å². The number of methoxy groups -OCH3 is 2. The number of aryl methyl sites for hydroxylation is 2. The van der Waals surface area contributed by atoms with Gasteiger partial charge in [0.2, 0.25) is 0 Å². The molecule has 1 unspecified atom stereocenters. The lowest BCUT2D eigenvalue weighted by atomic mass is 9.99. The molecule has 0 fully saturated rings. The Kier molecular flexibility index (Phi) is 6.12. The third-order valence-electron chi connectivity index (χ3n) is 2.87. The van der Waals surface area contributed by atoms with Crippen molar-refractivity contribution in [1.29, 1.82) is 0 Å². The zero-order valence-corrected chi connectivity index (χ0v) is 11.6. The van der Waals surface area contributed by atoms with Gasteiger partial charge in [-0.05, 0) is 31.0 Å². The maximum Gasteiger partial charge on any atom is 0.125 e. The SMILES string of the molecule is COCCNCC(O)c1c(C)cc(C)cc1OC. The fraction of sp³-hybridized carbons (Fsp3) is 0.571. The minimum absolute atomic E-state index is 0.490. The van der Waals surface area contributed by atoms with E-state index >= 15 is 0 Å². The summed E-state index contributed by atoms with van der Waals surface area (Å²) >= 11 is 0. The Labute approximate surface area is 109 Å². The third kappa shape index (κ3) is 3.98. The van der Waals surface area contributed by atoms with Gasteiger partial charge in [0.25, 0.3) is 0 Å². The van der Waals surface area contributed by atoms with E-state index in [2.05, 4.69) is 11.4 Å². The van der Waals surface area contributed by atoms with Crippen molar-refractivity contribution in [2.45, 2.75) is 20.0 Å². The van der Waals surface area contributed by atoms with E-state index in [1.54, 1.807) is 14.2 Å². The first kappa shape index (κ1) is 15.0. The molecule has 0 bridgehead atoms. The maximum atomic E-state index is 10.2. The highest BCUT2D eigenvalue weighted by Crippen LogP contribution is 2.29. The normalized spacial score (nSPS) is 12.5. The topological polar surface area (TPSA) is 50.7 Å². The molecule has 2 N–H and O–H groups in total. The molecule has 0 aromatic heterocycles. The van der Waals surface area contributed by atoms with E-state index in [9.17, 15) is 5.11 Å². The van der Waals surface area contributed by atoms with Crippen molar-refractivity contribution < 1.29 is 14.6 Å². The van der Waals surface area contributed by atoms with Crippen molar-refractivity contribution >= 4 is 0 Å². The minimum atomic E-state index is -0.572. The van der Waals surface area contributed by atoms with Crippen LogP contribution in [-0.4, -0.2) is 39.0 Å². The Balaban J connectivity index is 2.74. The average molecular weight is 253 g/mol. The van der Waals surface area contributed by atoms with Gasteiger partial charge in [-0.25, -0.2) is 0 Å². The minimum Gasteiger partial charge on any atom is -0.496 e. The summed E-state index contributed by atoms with van der Waals surface area (Å²) in [6.45, 7) is 5.85. The Morgan fingerprint density at radius 2 is 2.00 bits per heavy atom. The molecule has 0 spiro atoms. The van der Waals surface area contributed by atoms with Crippen LogP contribution in [0.3, 0.4) is 0 Å². The predicted octanol–water partition coefficient (Wildman–Crippen LogP) is 1.58. The zero-order chi connectivity index (χ0) is 13.5. The van der Waals surface area contributed by atoms with Gasteiger partial charge in [-0.3, -0.25) is 0 Å². The molecule has 102 valence electrons. The Morgan fingerprint density at radius 3 is 2.61 bits per heavy atom. The van der Waals surface area contributed by atoms with Gasteiger partial charge in [0.15, 0.2) is 0 Å². The quantitative estimate of drug-likeness (QED) is 0.724. The molecule has 1 aromatic rings. The van der Waals surface area contributed by atoms with E-state index in [4.69, 9.17) is 9.47 Å². The molecule has 0 aliphatic rings. The number of nitrogens with one attached hydrogen (secondary N) is 1. The maximum absolute atomic E-state index is 10.2. The Hall–Kier alpha value is -1.10. The Bertz CT molecular complexity index is 380. The molecule has 0 amide bonds. The summed E-state index contributed by atoms with van der Waals surface area (Å²) < 4.78 is 10.3. The third-order valence-corrected chi connectivity index (χ3v) is 2.87. The first-order chi connectivity index (χ1) is 8.60. The van der Waals surface area contributed by atoms with Crippen LogP contribution in [0.4, 0.5) is 0 Å². The van der Waals surface area contributed by atoms with Crippen LogP contribution in [0, 0.1) is 13.8 Å². The molecule has 0 heterocycles. The highest BCUT2D eigenvalue weighted by Gasteiger charge is 2.16. The number of hydrogen-bond donors (Lipinski definition) is 2. The van der Waals surface area contributed by atoms with E-state index in [-0.39, 0.29) is 0 Å². The van der Waals surface area contributed by atoms with E-state index in [0.29, 0.717) is 13.2 Å². The summed E-state index contributed by atoms with van der Waals surface area (Å²) in [6, 6.07) is 4.00. The number of hydrogen-bond acceptors (Lipinski definition) is 4. The molecule has 1 rings (SSSR count). The van der Waals surface area contributed by atoms with Crippen LogP contribution >= 0.6 is 0 Å². The van der Waals surface area contributed by atoms with Gasteiger partial charge in [0.05, 0.1) is 19.8 Å². The fourth-order valence-electron chi connectivity index (χ4n) is 2.05. The summed E-state index contributed by atoms with van der Waals surface area (Å²) in [5, 5.41) is 13.4. The molecule has 18 heavy (non-hydrogen) atoms. The monoisotopic (exact) mass is 253 g/mol. The zero-order valence-electron chi connectivity index (χ0n) is 11.6. The second kappa shape index (κ2) is 7.36. The molecule has 1 atom stereocenters. The summed E-state index contributed by atoms with van der Waals surface area (Å²) in [5.41, 5.74) is 3.04. The summed E-state index contributed by atoms with van der Waals surface area (Å²) in [7, 11) is 3.29. The summed E-state index contributed by atoms with van der Waals surface area (Å²) in [5.74, 6) is 0.744.